The van der Waals surface area contributed by atoms with E-state index in [-0.39, 0.29) is 5.75 Å². The molecule has 0 fully saturated rings. The second-order valence-corrected chi connectivity index (χ2v) is 8.21. The lowest BCUT2D eigenvalue weighted by Crippen LogP contribution is -2.25. The van der Waals surface area contributed by atoms with Gasteiger partial charge < -0.3 is 5.32 Å². The molecule has 0 unspecified atom stereocenters. The Labute approximate surface area is 143 Å². The van der Waals surface area contributed by atoms with Gasteiger partial charge in [-0.15, -0.1) is 0 Å². The highest BCUT2D eigenvalue weighted by Gasteiger charge is 2.16. The third kappa shape index (κ3) is 5.81. The smallest absolute Gasteiger partial charge is 0.239 e. The molecule has 0 spiro atoms. The Bertz CT molecular complexity index is 799. The van der Waals surface area contributed by atoms with Crippen LogP contribution in [0.3, 0.4) is 0 Å². The first-order chi connectivity index (χ1) is 11.4. The first kappa shape index (κ1) is 18.2. The average molecular weight is 345 g/mol. The molecule has 0 aliphatic rings. The maximum atomic E-state index is 12.1. The van der Waals surface area contributed by atoms with Crippen LogP contribution in [0.4, 0.5) is 5.69 Å². The van der Waals surface area contributed by atoms with Crippen molar-refractivity contribution in [3.8, 4) is 0 Å². The minimum Gasteiger partial charge on any atom is -0.325 e. The molecule has 2 aromatic rings. The molecule has 0 saturated carbocycles. The summed E-state index contributed by atoms with van der Waals surface area (Å²) < 4.78 is 24.2. The summed E-state index contributed by atoms with van der Waals surface area (Å²) in [6, 6.07) is 15.3. The zero-order valence-electron chi connectivity index (χ0n) is 14.1. The summed E-state index contributed by atoms with van der Waals surface area (Å²) in [4.78, 5) is 12.0. The zero-order chi connectivity index (χ0) is 17.6. The number of nitrogens with one attached hydrogen (secondary N) is 1. The standard InChI is InChI=1S/C19H23NO3S/c1-15-10-11-18(13-16(15)2)20-19(21)14-24(22,23)12-6-9-17-7-4-3-5-8-17/h3-5,7-8,10-11,13H,6,9,12,14H2,1-2H3,(H,20,21). The van der Waals surface area contributed by atoms with Gasteiger partial charge in [0.2, 0.25) is 5.91 Å². The van der Waals surface area contributed by atoms with Gasteiger partial charge in [-0.25, -0.2) is 8.42 Å². The molecule has 128 valence electrons. The molecule has 0 aliphatic carbocycles. The molecule has 0 atom stereocenters. The summed E-state index contributed by atoms with van der Waals surface area (Å²) in [6.07, 6.45) is 1.21. The van der Waals surface area contributed by atoms with E-state index in [9.17, 15) is 13.2 Å². The van der Waals surface area contributed by atoms with E-state index in [4.69, 9.17) is 0 Å². The highest BCUT2D eigenvalue weighted by atomic mass is 32.2. The van der Waals surface area contributed by atoms with Crippen molar-refractivity contribution in [2.24, 2.45) is 0 Å². The van der Waals surface area contributed by atoms with Gasteiger partial charge in [0.05, 0.1) is 5.75 Å². The Morgan fingerprint density at radius 2 is 1.71 bits per heavy atom. The molecule has 2 aromatic carbocycles. The normalized spacial score (nSPS) is 11.2. The fraction of sp³-hybridized carbons (Fsp3) is 0.316. The van der Waals surface area contributed by atoms with Crippen molar-refractivity contribution in [2.45, 2.75) is 26.7 Å². The lowest BCUT2D eigenvalue weighted by molar-refractivity contribution is -0.113. The van der Waals surface area contributed by atoms with Crippen molar-refractivity contribution in [3.63, 3.8) is 0 Å². The number of rotatable bonds is 7. The minimum absolute atomic E-state index is 0.0161. The maximum absolute atomic E-state index is 12.1. The van der Waals surface area contributed by atoms with Crippen molar-refractivity contribution < 1.29 is 13.2 Å². The van der Waals surface area contributed by atoms with Crippen molar-refractivity contribution in [1.82, 2.24) is 0 Å². The summed E-state index contributed by atoms with van der Waals surface area (Å²) in [5.74, 6) is -0.949. The molecule has 0 aliphatic heterocycles. The van der Waals surface area contributed by atoms with Gasteiger partial charge in [-0.2, -0.15) is 0 Å². The summed E-state index contributed by atoms with van der Waals surface area (Å²) in [5.41, 5.74) is 3.91. The SMILES string of the molecule is Cc1ccc(NC(=O)CS(=O)(=O)CCCc2ccccc2)cc1C. The van der Waals surface area contributed by atoms with Crippen LogP contribution in [0.15, 0.2) is 48.5 Å². The van der Waals surface area contributed by atoms with Crippen LogP contribution >= 0.6 is 0 Å². The third-order valence-corrected chi connectivity index (χ3v) is 5.52. The molecule has 0 aromatic heterocycles. The van der Waals surface area contributed by atoms with Crippen LogP contribution in [-0.2, 0) is 21.1 Å². The number of hydrogen-bond donors (Lipinski definition) is 1. The van der Waals surface area contributed by atoms with Crippen LogP contribution in [-0.4, -0.2) is 25.8 Å². The average Bonchev–Trinajstić information content (AvgIpc) is 2.51. The van der Waals surface area contributed by atoms with Gasteiger partial charge >= 0.3 is 0 Å². The number of carbonyl (C=O) groups excluding carboxylic acids is 1. The fourth-order valence-electron chi connectivity index (χ4n) is 2.43. The number of hydrogen-bond acceptors (Lipinski definition) is 3. The quantitative estimate of drug-likeness (QED) is 0.837. The number of sulfone groups is 1. The summed E-state index contributed by atoms with van der Waals surface area (Å²) in [7, 11) is -3.40. The number of anilines is 1. The highest BCUT2D eigenvalue weighted by Crippen LogP contribution is 2.14. The van der Waals surface area contributed by atoms with Gasteiger partial charge in [0, 0.05) is 5.69 Å². The van der Waals surface area contributed by atoms with Gasteiger partial charge in [-0.3, -0.25) is 4.79 Å². The molecule has 0 saturated heterocycles. The van der Waals surface area contributed by atoms with Crippen molar-refractivity contribution in [1.29, 1.82) is 0 Å². The molecular formula is C19H23NO3S. The van der Waals surface area contributed by atoms with Crippen LogP contribution in [0.2, 0.25) is 0 Å². The third-order valence-electron chi connectivity index (χ3n) is 3.91. The molecule has 4 nitrogen and oxygen atoms in total. The largest absolute Gasteiger partial charge is 0.325 e. The molecule has 5 heteroatoms. The fourth-order valence-corrected chi connectivity index (χ4v) is 3.63. The van der Waals surface area contributed by atoms with Gasteiger partial charge in [0.15, 0.2) is 9.84 Å². The minimum atomic E-state index is -3.40. The maximum Gasteiger partial charge on any atom is 0.239 e. The van der Waals surface area contributed by atoms with Gasteiger partial charge in [0.1, 0.15) is 5.75 Å². The van der Waals surface area contributed by atoms with E-state index in [2.05, 4.69) is 5.32 Å². The molecule has 1 amide bonds. The highest BCUT2D eigenvalue weighted by molar-refractivity contribution is 7.92. The van der Waals surface area contributed by atoms with E-state index in [1.54, 1.807) is 6.07 Å². The zero-order valence-corrected chi connectivity index (χ0v) is 14.9. The molecular weight excluding hydrogens is 322 g/mol. The molecule has 0 heterocycles. The van der Waals surface area contributed by atoms with E-state index in [1.807, 2.05) is 56.3 Å². The Hall–Kier alpha value is -2.14. The molecule has 0 bridgehead atoms. The monoisotopic (exact) mass is 345 g/mol. The number of carbonyl (C=O) groups is 1. The first-order valence-corrected chi connectivity index (χ1v) is 9.79. The summed E-state index contributed by atoms with van der Waals surface area (Å²) >= 11 is 0. The molecule has 0 radical (unpaired) electrons. The van der Waals surface area contributed by atoms with E-state index < -0.39 is 21.5 Å². The number of benzene rings is 2. The molecule has 2 rings (SSSR count). The summed E-state index contributed by atoms with van der Waals surface area (Å²) in [5, 5.41) is 2.66. The van der Waals surface area contributed by atoms with Crippen LogP contribution < -0.4 is 5.32 Å². The van der Waals surface area contributed by atoms with Crippen molar-refractivity contribution in [3.05, 3.63) is 65.2 Å². The van der Waals surface area contributed by atoms with Crippen LogP contribution in [0, 0.1) is 13.8 Å². The van der Waals surface area contributed by atoms with Crippen molar-refractivity contribution in [2.75, 3.05) is 16.8 Å². The van der Waals surface area contributed by atoms with Crippen molar-refractivity contribution >= 4 is 21.4 Å². The van der Waals surface area contributed by atoms with Crippen LogP contribution in [0.1, 0.15) is 23.1 Å². The Kier molecular flexibility index (Phi) is 6.15. The lowest BCUT2D eigenvalue weighted by Gasteiger charge is -2.08. The van der Waals surface area contributed by atoms with Crippen LogP contribution in [0.5, 0.6) is 0 Å². The topological polar surface area (TPSA) is 63.2 Å². The number of amides is 1. The predicted molar refractivity (Wildman–Crippen MR) is 98.0 cm³/mol. The van der Waals surface area contributed by atoms with E-state index in [1.165, 1.54) is 0 Å². The van der Waals surface area contributed by atoms with E-state index >= 15 is 0 Å². The second-order valence-electron chi connectivity index (χ2n) is 6.03. The van der Waals surface area contributed by atoms with Gasteiger partial charge in [0.25, 0.3) is 0 Å². The van der Waals surface area contributed by atoms with Gasteiger partial charge in [-0.05, 0) is 55.5 Å². The van der Waals surface area contributed by atoms with E-state index in [0.29, 0.717) is 18.5 Å². The second kappa shape index (κ2) is 8.11. The molecule has 24 heavy (non-hydrogen) atoms. The lowest BCUT2D eigenvalue weighted by atomic mass is 10.1. The van der Waals surface area contributed by atoms with Gasteiger partial charge in [-0.1, -0.05) is 36.4 Å². The Balaban J connectivity index is 1.84. The number of aryl methyl sites for hydroxylation is 3. The van der Waals surface area contributed by atoms with E-state index in [0.717, 1.165) is 16.7 Å². The molecule has 1 N–H and O–H groups in total. The Morgan fingerprint density at radius 3 is 2.38 bits per heavy atom. The summed E-state index contributed by atoms with van der Waals surface area (Å²) in [6.45, 7) is 3.93. The predicted octanol–water partition coefficient (Wildman–Crippen LogP) is 3.29. The van der Waals surface area contributed by atoms with Crippen LogP contribution in [0.25, 0.3) is 0 Å². The Morgan fingerprint density at radius 1 is 1.00 bits per heavy atom. The first-order valence-electron chi connectivity index (χ1n) is 7.97.